The summed E-state index contributed by atoms with van der Waals surface area (Å²) in [6, 6.07) is 6.60. The molecule has 0 aliphatic heterocycles. The highest BCUT2D eigenvalue weighted by Crippen LogP contribution is 2.19. The minimum atomic E-state index is -0.748. The third-order valence-corrected chi connectivity index (χ3v) is 3.69. The lowest BCUT2D eigenvalue weighted by molar-refractivity contribution is -0.156. The molecule has 2 rings (SSSR count). The maximum absolute atomic E-state index is 11.5. The molecule has 8 nitrogen and oxygen atoms in total. The Hall–Kier alpha value is -2.87. The van der Waals surface area contributed by atoms with Crippen LogP contribution in [0, 0.1) is 0 Å². The van der Waals surface area contributed by atoms with Crippen LogP contribution >= 0.6 is 0 Å². The molecule has 0 amide bonds. The summed E-state index contributed by atoms with van der Waals surface area (Å²) in [4.78, 5) is 34.2. The number of furan rings is 2. The number of carbonyl (C=O) groups is 3. The predicted molar refractivity (Wildman–Crippen MR) is 117 cm³/mol. The van der Waals surface area contributed by atoms with E-state index in [9.17, 15) is 19.5 Å². The van der Waals surface area contributed by atoms with Gasteiger partial charge in [0.05, 0.1) is 18.9 Å². The molecule has 0 unspecified atom stereocenters. The van der Waals surface area contributed by atoms with Gasteiger partial charge in [0, 0.05) is 12.8 Å². The Morgan fingerprint density at radius 3 is 1.84 bits per heavy atom. The van der Waals surface area contributed by atoms with Gasteiger partial charge in [0.1, 0.15) is 23.1 Å². The Kier molecular flexibility index (Phi) is 10.4. The summed E-state index contributed by atoms with van der Waals surface area (Å²) in [6.07, 6.45) is 2.86. The first-order valence-electron chi connectivity index (χ1n) is 10.5. The lowest BCUT2D eigenvalue weighted by Crippen LogP contribution is -2.24. The number of ether oxygens (including phenoxy) is 2. The smallest absolute Gasteiger partial charge is 0.306 e. The van der Waals surface area contributed by atoms with Crippen LogP contribution in [0.2, 0.25) is 0 Å². The summed E-state index contributed by atoms with van der Waals surface area (Å²) in [7, 11) is 0. The molecule has 2 aromatic heterocycles. The van der Waals surface area contributed by atoms with Crippen molar-refractivity contribution >= 4 is 17.7 Å². The van der Waals surface area contributed by atoms with E-state index in [4.69, 9.17) is 18.3 Å². The zero-order valence-corrected chi connectivity index (χ0v) is 19.7. The molecule has 0 aliphatic rings. The molecule has 1 N–H and O–H groups in total. The van der Waals surface area contributed by atoms with Crippen LogP contribution in [0.25, 0.3) is 0 Å². The zero-order valence-electron chi connectivity index (χ0n) is 19.7. The maximum Gasteiger partial charge on any atom is 0.306 e. The van der Waals surface area contributed by atoms with Gasteiger partial charge in [-0.1, -0.05) is 0 Å². The van der Waals surface area contributed by atoms with Crippen LogP contribution in [0.15, 0.2) is 45.6 Å². The Labute approximate surface area is 188 Å². The molecule has 2 heterocycles. The SMILES string of the molecule is CC(C)(C)OC(=O)CCC(=O)c1ccco1.CC(C)(C)OC(=O)CC[C@@H](O)c1ccco1. The van der Waals surface area contributed by atoms with Gasteiger partial charge in [-0.25, -0.2) is 0 Å². The van der Waals surface area contributed by atoms with Crippen LogP contribution in [0.5, 0.6) is 0 Å². The van der Waals surface area contributed by atoms with Crippen molar-refractivity contribution in [2.24, 2.45) is 0 Å². The van der Waals surface area contributed by atoms with Crippen LogP contribution in [0.1, 0.15) is 89.6 Å². The molecule has 0 aliphatic carbocycles. The topological polar surface area (TPSA) is 116 Å². The molecule has 32 heavy (non-hydrogen) atoms. The lowest BCUT2D eigenvalue weighted by Gasteiger charge is -2.19. The number of hydrogen-bond donors (Lipinski definition) is 1. The summed E-state index contributed by atoms with van der Waals surface area (Å²) < 4.78 is 20.2. The van der Waals surface area contributed by atoms with Crippen molar-refractivity contribution < 1.29 is 37.8 Å². The van der Waals surface area contributed by atoms with Crippen LogP contribution in [-0.2, 0) is 19.1 Å². The number of aliphatic hydroxyl groups excluding tert-OH is 1. The number of carbonyl (C=O) groups excluding carboxylic acids is 3. The second kappa shape index (κ2) is 12.2. The van der Waals surface area contributed by atoms with Gasteiger partial charge in [0.15, 0.2) is 11.5 Å². The zero-order chi connectivity index (χ0) is 24.4. The Morgan fingerprint density at radius 2 is 1.38 bits per heavy atom. The van der Waals surface area contributed by atoms with Crippen molar-refractivity contribution in [3.05, 3.63) is 48.3 Å². The molecule has 2 aromatic rings. The van der Waals surface area contributed by atoms with Crippen molar-refractivity contribution in [3.63, 3.8) is 0 Å². The van der Waals surface area contributed by atoms with Gasteiger partial charge in [-0.3, -0.25) is 14.4 Å². The second-order valence-electron chi connectivity index (χ2n) is 9.14. The number of hydrogen-bond acceptors (Lipinski definition) is 8. The molecule has 8 heteroatoms. The fourth-order valence-electron chi connectivity index (χ4n) is 2.44. The first-order chi connectivity index (χ1) is 14.8. The molecule has 0 aromatic carbocycles. The Balaban J connectivity index is 0.000000320. The Bertz CT molecular complexity index is 820. The van der Waals surface area contributed by atoms with E-state index < -0.39 is 17.3 Å². The third-order valence-electron chi connectivity index (χ3n) is 3.69. The molecular formula is C24H34O8. The van der Waals surface area contributed by atoms with E-state index in [1.807, 2.05) is 20.8 Å². The van der Waals surface area contributed by atoms with Crippen molar-refractivity contribution in [1.82, 2.24) is 0 Å². The van der Waals surface area contributed by atoms with Gasteiger partial charge in [-0.15, -0.1) is 0 Å². The normalized spacial score (nSPS) is 12.3. The van der Waals surface area contributed by atoms with E-state index in [-0.39, 0.29) is 42.7 Å². The molecule has 0 saturated heterocycles. The molecule has 1 atom stereocenters. The van der Waals surface area contributed by atoms with Crippen molar-refractivity contribution in [2.75, 3.05) is 0 Å². The minimum Gasteiger partial charge on any atom is -0.467 e. The van der Waals surface area contributed by atoms with Crippen LogP contribution in [0.3, 0.4) is 0 Å². The van der Waals surface area contributed by atoms with Gasteiger partial charge in [-0.05, 0) is 72.2 Å². The molecule has 0 spiro atoms. The first-order valence-corrected chi connectivity index (χ1v) is 10.5. The molecule has 0 fully saturated rings. The summed E-state index contributed by atoms with van der Waals surface area (Å²) in [6.45, 7) is 10.8. The van der Waals surface area contributed by atoms with Crippen LogP contribution in [-0.4, -0.2) is 34.0 Å². The highest BCUT2D eigenvalue weighted by Gasteiger charge is 2.19. The maximum atomic E-state index is 11.5. The second-order valence-corrected chi connectivity index (χ2v) is 9.14. The van der Waals surface area contributed by atoms with E-state index in [2.05, 4.69) is 0 Å². The summed E-state index contributed by atoms with van der Waals surface area (Å²) >= 11 is 0. The van der Waals surface area contributed by atoms with E-state index in [1.54, 1.807) is 45.0 Å². The number of aliphatic hydroxyl groups is 1. The van der Waals surface area contributed by atoms with Gasteiger partial charge < -0.3 is 23.4 Å². The van der Waals surface area contributed by atoms with Crippen molar-refractivity contribution in [3.8, 4) is 0 Å². The highest BCUT2D eigenvalue weighted by molar-refractivity contribution is 5.95. The quantitative estimate of drug-likeness (QED) is 0.440. The fourth-order valence-corrected chi connectivity index (χ4v) is 2.44. The fraction of sp³-hybridized carbons (Fsp3) is 0.542. The summed E-state index contributed by atoms with van der Waals surface area (Å²) in [5, 5.41) is 9.66. The largest absolute Gasteiger partial charge is 0.467 e. The van der Waals surface area contributed by atoms with Gasteiger partial charge in [-0.2, -0.15) is 0 Å². The van der Waals surface area contributed by atoms with Gasteiger partial charge in [0.25, 0.3) is 0 Å². The third kappa shape index (κ3) is 12.1. The predicted octanol–water partition coefficient (Wildman–Crippen LogP) is 5.02. The molecule has 0 bridgehead atoms. The van der Waals surface area contributed by atoms with Gasteiger partial charge in [0.2, 0.25) is 0 Å². The number of rotatable bonds is 8. The average molecular weight is 451 g/mol. The van der Waals surface area contributed by atoms with E-state index in [1.165, 1.54) is 12.5 Å². The molecule has 178 valence electrons. The van der Waals surface area contributed by atoms with E-state index >= 15 is 0 Å². The number of ketones is 1. The standard InChI is InChI=1S/C12H18O4.C12H16O4/c2*1-12(2,3)16-11(14)7-6-9(13)10-5-4-8-15-10/h4-5,8-9,13H,6-7H2,1-3H3;4-5,8H,6-7H2,1-3H3/t9-;/m1./s1. The van der Waals surface area contributed by atoms with Crippen LogP contribution < -0.4 is 0 Å². The molecule has 0 saturated carbocycles. The summed E-state index contributed by atoms with van der Waals surface area (Å²) in [5.41, 5.74) is -0.989. The highest BCUT2D eigenvalue weighted by atomic mass is 16.6. The van der Waals surface area contributed by atoms with Crippen LogP contribution in [0.4, 0.5) is 0 Å². The molecular weight excluding hydrogens is 416 g/mol. The lowest BCUT2D eigenvalue weighted by atomic mass is 10.1. The van der Waals surface area contributed by atoms with E-state index in [0.29, 0.717) is 12.2 Å². The number of Topliss-reactive ketones (excluding diaryl/α,β-unsaturated/α-hetero) is 1. The monoisotopic (exact) mass is 450 g/mol. The van der Waals surface area contributed by atoms with Crippen molar-refractivity contribution in [2.45, 2.75) is 84.5 Å². The first kappa shape index (κ1) is 27.2. The number of esters is 2. The average Bonchev–Trinajstić information content (AvgIpc) is 3.35. The van der Waals surface area contributed by atoms with Crippen molar-refractivity contribution in [1.29, 1.82) is 0 Å². The summed E-state index contributed by atoms with van der Waals surface area (Å²) in [5.74, 6) is -0.103. The molecule has 0 radical (unpaired) electrons. The minimum absolute atomic E-state index is 0.0802. The van der Waals surface area contributed by atoms with E-state index in [0.717, 1.165) is 0 Å². The van der Waals surface area contributed by atoms with Gasteiger partial charge >= 0.3 is 11.9 Å². The Morgan fingerprint density at radius 1 is 0.844 bits per heavy atom.